The van der Waals surface area contributed by atoms with Crippen molar-refractivity contribution < 1.29 is 9.90 Å². The van der Waals surface area contributed by atoms with Gasteiger partial charge >= 0.3 is 5.97 Å². The third-order valence-electron chi connectivity index (χ3n) is 1.24. The Kier molecular flexibility index (Phi) is 2.54. The number of hydrogen-bond donors (Lipinski definition) is 2. The van der Waals surface area contributed by atoms with Gasteiger partial charge in [0.25, 0.3) is 0 Å². The van der Waals surface area contributed by atoms with Crippen LogP contribution >= 0.6 is 27.5 Å². The van der Waals surface area contributed by atoms with Crippen LogP contribution in [-0.4, -0.2) is 16.1 Å². The third kappa shape index (κ3) is 1.51. The predicted molar refractivity (Wildman–Crippen MR) is 48.3 cm³/mol. The van der Waals surface area contributed by atoms with Gasteiger partial charge in [0.1, 0.15) is 10.7 Å². The van der Waals surface area contributed by atoms with Crippen molar-refractivity contribution in [3.8, 4) is 0 Å². The predicted octanol–water partition coefficient (Wildman–Crippen LogP) is 1.78. The Morgan fingerprint density at radius 2 is 2.33 bits per heavy atom. The van der Waals surface area contributed by atoms with Crippen molar-refractivity contribution >= 4 is 39.2 Å². The molecule has 0 bridgehead atoms. The molecule has 0 aliphatic rings. The molecule has 0 aromatic carbocycles. The normalized spacial score (nSPS) is 9.83. The van der Waals surface area contributed by atoms with Gasteiger partial charge in [-0.15, -0.1) is 0 Å². The highest BCUT2D eigenvalue weighted by molar-refractivity contribution is 9.10. The molecule has 1 aromatic heterocycles. The van der Waals surface area contributed by atoms with Crippen molar-refractivity contribution in [1.82, 2.24) is 4.98 Å². The zero-order chi connectivity index (χ0) is 9.30. The van der Waals surface area contributed by atoms with Crippen LogP contribution in [0.25, 0.3) is 0 Å². The Hall–Kier alpha value is -0.810. The number of carbonyl (C=O) groups is 1. The van der Waals surface area contributed by atoms with Crippen molar-refractivity contribution in [2.45, 2.75) is 0 Å². The molecule has 12 heavy (non-hydrogen) atoms. The number of carboxylic acid groups (broad SMARTS) is 1. The number of anilines is 1. The van der Waals surface area contributed by atoms with Gasteiger partial charge in [0, 0.05) is 6.20 Å². The Balaban J connectivity index is 3.43. The van der Waals surface area contributed by atoms with E-state index in [-0.39, 0.29) is 16.4 Å². The standard InChI is InChI=1S/C6H4BrClN2O2/c7-2-1-10-5(8)3(4(2)9)6(11)12/h1H,(H2,9,10)(H,11,12). The van der Waals surface area contributed by atoms with E-state index in [1.807, 2.05) is 0 Å². The highest BCUT2D eigenvalue weighted by Gasteiger charge is 2.15. The van der Waals surface area contributed by atoms with E-state index in [2.05, 4.69) is 20.9 Å². The highest BCUT2D eigenvalue weighted by Crippen LogP contribution is 2.26. The summed E-state index contributed by atoms with van der Waals surface area (Å²) in [5.74, 6) is -1.19. The van der Waals surface area contributed by atoms with Crippen LogP contribution < -0.4 is 5.73 Å². The van der Waals surface area contributed by atoms with Gasteiger partial charge in [0.05, 0.1) is 10.2 Å². The first-order valence-corrected chi connectivity index (χ1v) is 4.04. The Morgan fingerprint density at radius 1 is 1.75 bits per heavy atom. The second-order valence-corrected chi connectivity index (χ2v) is 3.20. The molecule has 1 aromatic rings. The first-order chi connectivity index (χ1) is 5.54. The molecule has 0 saturated carbocycles. The summed E-state index contributed by atoms with van der Waals surface area (Å²) >= 11 is 8.54. The number of nitrogens with zero attached hydrogens (tertiary/aromatic N) is 1. The second-order valence-electron chi connectivity index (χ2n) is 1.99. The zero-order valence-corrected chi connectivity index (χ0v) is 8.06. The van der Waals surface area contributed by atoms with Gasteiger partial charge in [-0.2, -0.15) is 0 Å². The van der Waals surface area contributed by atoms with E-state index in [1.165, 1.54) is 6.20 Å². The molecule has 0 spiro atoms. The fourth-order valence-corrected chi connectivity index (χ4v) is 1.21. The lowest BCUT2D eigenvalue weighted by molar-refractivity contribution is 0.0698. The maximum atomic E-state index is 10.6. The molecular weight excluding hydrogens is 247 g/mol. The highest BCUT2D eigenvalue weighted by atomic mass is 79.9. The minimum absolute atomic E-state index is 0.0856. The lowest BCUT2D eigenvalue weighted by atomic mass is 10.2. The second kappa shape index (κ2) is 3.28. The summed E-state index contributed by atoms with van der Waals surface area (Å²) in [7, 11) is 0. The molecule has 64 valence electrons. The molecule has 0 amide bonds. The average molecular weight is 251 g/mol. The SMILES string of the molecule is Nc1c(Br)cnc(Cl)c1C(=O)O. The number of aromatic nitrogens is 1. The lowest BCUT2D eigenvalue weighted by Crippen LogP contribution is -2.05. The van der Waals surface area contributed by atoms with E-state index < -0.39 is 5.97 Å². The molecule has 0 saturated heterocycles. The third-order valence-corrected chi connectivity index (χ3v) is 2.16. The van der Waals surface area contributed by atoms with Gasteiger partial charge in [-0.1, -0.05) is 11.6 Å². The summed E-state index contributed by atoms with van der Waals surface area (Å²) in [6.45, 7) is 0. The number of hydrogen-bond acceptors (Lipinski definition) is 3. The number of carboxylic acids is 1. The number of halogens is 2. The van der Waals surface area contributed by atoms with Gasteiger partial charge in [0.2, 0.25) is 0 Å². The smallest absolute Gasteiger partial charge is 0.341 e. The summed E-state index contributed by atoms with van der Waals surface area (Å²) in [4.78, 5) is 14.2. The van der Waals surface area contributed by atoms with Gasteiger partial charge in [-0.3, -0.25) is 0 Å². The van der Waals surface area contributed by atoms with Crippen LogP contribution in [0.4, 0.5) is 5.69 Å². The lowest BCUT2D eigenvalue weighted by Gasteiger charge is -2.03. The monoisotopic (exact) mass is 250 g/mol. The number of nitrogens with two attached hydrogens (primary N) is 1. The van der Waals surface area contributed by atoms with Crippen LogP contribution in [-0.2, 0) is 0 Å². The van der Waals surface area contributed by atoms with E-state index in [1.54, 1.807) is 0 Å². The quantitative estimate of drug-likeness (QED) is 0.746. The summed E-state index contributed by atoms with van der Waals surface area (Å²) in [5.41, 5.74) is 5.34. The molecule has 0 fully saturated rings. The molecule has 1 rings (SSSR count). The van der Waals surface area contributed by atoms with Crippen LogP contribution in [0.1, 0.15) is 10.4 Å². The summed E-state index contributed by atoms with van der Waals surface area (Å²) in [6, 6.07) is 0. The summed E-state index contributed by atoms with van der Waals surface area (Å²) < 4.78 is 0.421. The van der Waals surface area contributed by atoms with Crippen molar-refractivity contribution in [2.75, 3.05) is 5.73 Å². The van der Waals surface area contributed by atoms with E-state index in [9.17, 15) is 4.79 Å². The van der Waals surface area contributed by atoms with Gasteiger partial charge in [-0.25, -0.2) is 9.78 Å². The molecule has 0 radical (unpaired) electrons. The van der Waals surface area contributed by atoms with Gasteiger partial charge in [-0.05, 0) is 15.9 Å². The molecule has 0 aliphatic heterocycles. The van der Waals surface area contributed by atoms with Crippen LogP contribution in [0.2, 0.25) is 5.15 Å². The molecule has 0 unspecified atom stereocenters. The Morgan fingerprint density at radius 3 is 2.75 bits per heavy atom. The maximum Gasteiger partial charge on any atom is 0.341 e. The summed E-state index contributed by atoms with van der Waals surface area (Å²) in [6.07, 6.45) is 1.35. The van der Waals surface area contributed by atoms with Crippen molar-refractivity contribution in [1.29, 1.82) is 0 Å². The van der Waals surface area contributed by atoms with Gasteiger partial charge in [0.15, 0.2) is 0 Å². The molecule has 6 heteroatoms. The molecule has 3 N–H and O–H groups in total. The van der Waals surface area contributed by atoms with E-state index in [4.69, 9.17) is 22.4 Å². The average Bonchev–Trinajstić information content (AvgIpc) is 1.97. The number of aromatic carboxylic acids is 1. The van der Waals surface area contributed by atoms with Gasteiger partial charge < -0.3 is 10.8 Å². The topological polar surface area (TPSA) is 76.2 Å². The minimum atomic E-state index is -1.19. The van der Waals surface area contributed by atoms with E-state index >= 15 is 0 Å². The Labute approximate surface area is 81.5 Å². The van der Waals surface area contributed by atoms with Crippen molar-refractivity contribution in [3.63, 3.8) is 0 Å². The molecule has 0 atom stereocenters. The first-order valence-electron chi connectivity index (χ1n) is 2.86. The maximum absolute atomic E-state index is 10.6. The minimum Gasteiger partial charge on any atom is -0.478 e. The molecule has 4 nitrogen and oxygen atoms in total. The largest absolute Gasteiger partial charge is 0.478 e. The van der Waals surface area contributed by atoms with Crippen molar-refractivity contribution in [3.05, 3.63) is 21.4 Å². The van der Waals surface area contributed by atoms with Crippen LogP contribution in [0.3, 0.4) is 0 Å². The summed E-state index contributed by atoms with van der Waals surface area (Å²) in [5, 5.41) is 8.54. The first kappa shape index (κ1) is 9.28. The van der Waals surface area contributed by atoms with E-state index in [0.29, 0.717) is 4.47 Å². The van der Waals surface area contributed by atoms with Crippen LogP contribution in [0.15, 0.2) is 10.7 Å². The molecule has 1 heterocycles. The zero-order valence-electron chi connectivity index (χ0n) is 5.71. The molecular formula is C6H4BrClN2O2. The fourth-order valence-electron chi connectivity index (χ4n) is 0.681. The number of nitrogen functional groups attached to an aromatic ring is 1. The molecule has 0 aliphatic carbocycles. The van der Waals surface area contributed by atoms with Crippen LogP contribution in [0, 0.1) is 0 Å². The number of pyridine rings is 1. The fraction of sp³-hybridized carbons (Fsp3) is 0. The number of rotatable bonds is 1. The Bertz CT molecular complexity index is 343. The van der Waals surface area contributed by atoms with E-state index in [0.717, 1.165) is 0 Å². The van der Waals surface area contributed by atoms with Crippen LogP contribution in [0.5, 0.6) is 0 Å². The van der Waals surface area contributed by atoms with Crippen molar-refractivity contribution in [2.24, 2.45) is 0 Å².